The van der Waals surface area contributed by atoms with Crippen LogP contribution >= 0.6 is 0 Å². The van der Waals surface area contributed by atoms with Crippen LogP contribution in [-0.2, 0) is 0 Å². The predicted octanol–water partition coefficient (Wildman–Crippen LogP) is 4.59. The van der Waals surface area contributed by atoms with E-state index in [9.17, 15) is 4.79 Å². The molecular formula is C21H29N3O2. The zero-order valence-electron chi connectivity index (χ0n) is 16.1. The molecule has 2 aromatic rings. The van der Waals surface area contributed by atoms with Crippen molar-refractivity contribution in [3.05, 3.63) is 47.3 Å². The number of unbranched alkanes of at least 4 members (excludes halogenated alkanes) is 1. The van der Waals surface area contributed by atoms with Gasteiger partial charge in [0.05, 0.1) is 11.7 Å². The Morgan fingerprint density at radius 2 is 2.08 bits per heavy atom. The molecule has 1 unspecified atom stereocenters. The normalized spacial score (nSPS) is 16.9. The zero-order chi connectivity index (χ0) is 18.5. The molecule has 1 saturated heterocycles. The van der Waals surface area contributed by atoms with Crippen LogP contribution in [0, 0.1) is 6.92 Å². The summed E-state index contributed by atoms with van der Waals surface area (Å²) in [7, 11) is 0. The molecule has 1 atom stereocenters. The molecule has 1 aromatic carbocycles. The topological polar surface area (TPSA) is 49.6 Å². The molecule has 5 nitrogen and oxygen atoms in total. The van der Waals surface area contributed by atoms with Crippen LogP contribution in [0.25, 0.3) is 0 Å². The van der Waals surface area contributed by atoms with Crippen LogP contribution in [0.3, 0.4) is 0 Å². The number of likely N-dealkylation sites (tertiary alicyclic amines) is 1. The van der Waals surface area contributed by atoms with Crippen molar-refractivity contribution in [2.24, 2.45) is 0 Å². The van der Waals surface area contributed by atoms with Crippen LogP contribution in [0.4, 0.5) is 5.69 Å². The number of rotatable bonds is 7. The van der Waals surface area contributed by atoms with Gasteiger partial charge >= 0.3 is 0 Å². The molecule has 3 rings (SSSR count). The van der Waals surface area contributed by atoms with Gasteiger partial charge < -0.3 is 14.3 Å². The van der Waals surface area contributed by atoms with Crippen LogP contribution in [0.5, 0.6) is 0 Å². The lowest BCUT2D eigenvalue weighted by atomic mass is 10.1. The molecule has 2 heterocycles. The van der Waals surface area contributed by atoms with Crippen molar-refractivity contribution in [1.82, 2.24) is 10.1 Å². The Morgan fingerprint density at radius 3 is 2.69 bits per heavy atom. The van der Waals surface area contributed by atoms with Crippen LogP contribution in [0.1, 0.15) is 67.4 Å². The number of carbonyl (C=O) groups excluding carboxylic acids is 1. The summed E-state index contributed by atoms with van der Waals surface area (Å²) >= 11 is 0. The second-order valence-corrected chi connectivity index (χ2v) is 7.01. The van der Waals surface area contributed by atoms with Crippen molar-refractivity contribution in [2.45, 2.75) is 52.5 Å². The van der Waals surface area contributed by atoms with Gasteiger partial charge in [0.25, 0.3) is 5.91 Å². The fourth-order valence-corrected chi connectivity index (χ4v) is 3.65. The predicted molar refractivity (Wildman–Crippen MR) is 103 cm³/mol. The Bertz CT molecular complexity index is 723. The molecule has 1 fully saturated rings. The van der Waals surface area contributed by atoms with E-state index in [1.807, 2.05) is 30.0 Å². The standard InChI is InChI=1S/C21H29N3O2/c1-4-6-13-23(5-2)18-11-9-17(10-12-18)21(25)24-14-7-8-19(24)20-15-16(3)22-26-20/h9-12,15,19H,4-8,13-14H2,1-3H3. The van der Waals surface area contributed by atoms with E-state index in [0.29, 0.717) is 0 Å². The molecular weight excluding hydrogens is 326 g/mol. The van der Waals surface area contributed by atoms with Gasteiger partial charge in [-0.25, -0.2) is 0 Å². The summed E-state index contributed by atoms with van der Waals surface area (Å²) in [4.78, 5) is 17.3. The van der Waals surface area contributed by atoms with E-state index >= 15 is 0 Å². The van der Waals surface area contributed by atoms with Crippen LogP contribution in [0.15, 0.2) is 34.9 Å². The van der Waals surface area contributed by atoms with E-state index in [-0.39, 0.29) is 11.9 Å². The molecule has 26 heavy (non-hydrogen) atoms. The van der Waals surface area contributed by atoms with Gasteiger partial charge in [0.1, 0.15) is 0 Å². The van der Waals surface area contributed by atoms with Gasteiger partial charge in [-0.15, -0.1) is 0 Å². The smallest absolute Gasteiger partial charge is 0.254 e. The van der Waals surface area contributed by atoms with Gasteiger partial charge in [0.2, 0.25) is 0 Å². The summed E-state index contributed by atoms with van der Waals surface area (Å²) in [5, 5.41) is 3.97. The molecule has 0 aliphatic carbocycles. The van der Waals surface area contributed by atoms with Crippen LogP contribution in [-0.4, -0.2) is 35.6 Å². The molecule has 140 valence electrons. The quantitative estimate of drug-likeness (QED) is 0.729. The summed E-state index contributed by atoms with van der Waals surface area (Å²) in [6, 6.07) is 9.97. The van der Waals surface area contributed by atoms with Crippen molar-refractivity contribution in [3.8, 4) is 0 Å². The Balaban J connectivity index is 1.73. The molecule has 1 aliphatic heterocycles. The summed E-state index contributed by atoms with van der Waals surface area (Å²) in [5.74, 6) is 0.867. The largest absolute Gasteiger partial charge is 0.372 e. The Morgan fingerprint density at radius 1 is 1.31 bits per heavy atom. The molecule has 0 radical (unpaired) electrons. The maximum absolute atomic E-state index is 13.0. The summed E-state index contributed by atoms with van der Waals surface area (Å²) in [6.07, 6.45) is 4.29. The van der Waals surface area contributed by atoms with Gasteiger partial charge in [-0.05, 0) is 57.4 Å². The number of benzene rings is 1. The fourth-order valence-electron chi connectivity index (χ4n) is 3.65. The maximum Gasteiger partial charge on any atom is 0.254 e. The second-order valence-electron chi connectivity index (χ2n) is 7.01. The molecule has 1 aromatic heterocycles. The van der Waals surface area contributed by atoms with E-state index in [1.165, 1.54) is 18.5 Å². The first kappa shape index (κ1) is 18.5. The molecule has 0 saturated carbocycles. The van der Waals surface area contributed by atoms with E-state index in [2.05, 4.69) is 36.0 Å². The van der Waals surface area contributed by atoms with Crippen LogP contribution in [0.2, 0.25) is 0 Å². The van der Waals surface area contributed by atoms with E-state index in [1.54, 1.807) is 0 Å². The Hall–Kier alpha value is -2.30. The average molecular weight is 355 g/mol. The lowest BCUT2D eigenvalue weighted by molar-refractivity contribution is 0.0714. The first-order chi connectivity index (χ1) is 12.6. The van der Waals surface area contributed by atoms with Gasteiger partial charge in [-0.1, -0.05) is 18.5 Å². The average Bonchev–Trinajstić information content (AvgIpc) is 3.31. The number of anilines is 1. The molecule has 1 amide bonds. The highest BCUT2D eigenvalue weighted by atomic mass is 16.5. The highest BCUT2D eigenvalue weighted by molar-refractivity contribution is 5.95. The molecule has 0 N–H and O–H groups in total. The van der Waals surface area contributed by atoms with Gasteiger partial charge in [0, 0.05) is 37.0 Å². The van der Waals surface area contributed by atoms with Crippen molar-refractivity contribution >= 4 is 11.6 Å². The fraction of sp³-hybridized carbons (Fsp3) is 0.524. The number of hydrogen-bond donors (Lipinski definition) is 0. The Kier molecular flexibility index (Phi) is 5.96. The molecule has 1 aliphatic rings. The first-order valence-corrected chi connectivity index (χ1v) is 9.73. The second kappa shape index (κ2) is 8.39. The van der Waals surface area contributed by atoms with E-state index < -0.39 is 0 Å². The molecule has 5 heteroatoms. The van der Waals surface area contributed by atoms with Crippen molar-refractivity contribution in [2.75, 3.05) is 24.5 Å². The highest BCUT2D eigenvalue weighted by Gasteiger charge is 2.33. The number of hydrogen-bond acceptors (Lipinski definition) is 4. The van der Waals surface area contributed by atoms with Crippen LogP contribution < -0.4 is 4.90 Å². The molecule has 0 spiro atoms. The van der Waals surface area contributed by atoms with Gasteiger partial charge in [0.15, 0.2) is 5.76 Å². The lowest BCUT2D eigenvalue weighted by Crippen LogP contribution is -2.30. The minimum atomic E-state index is 0.0000658. The monoisotopic (exact) mass is 355 g/mol. The van der Waals surface area contributed by atoms with Crippen molar-refractivity contribution < 1.29 is 9.32 Å². The number of nitrogens with zero attached hydrogens (tertiary/aromatic N) is 3. The Labute approximate surface area is 156 Å². The summed E-state index contributed by atoms with van der Waals surface area (Å²) in [6.45, 7) is 9.08. The summed E-state index contributed by atoms with van der Waals surface area (Å²) in [5.41, 5.74) is 2.78. The number of aryl methyl sites for hydroxylation is 1. The highest BCUT2D eigenvalue weighted by Crippen LogP contribution is 2.33. The molecule has 0 bridgehead atoms. The maximum atomic E-state index is 13.0. The minimum Gasteiger partial charge on any atom is -0.372 e. The number of amides is 1. The summed E-state index contributed by atoms with van der Waals surface area (Å²) < 4.78 is 5.42. The van der Waals surface area contributed by atoms with Gasteiger partial charge in [-0.3, -0.25) is 4.79 Å². The van der Waals surface area contributed by atoms with E-state index in [0.717, 1.165) is 49.5 Å². The number of aromatic nitrogens is 1. The van der Waals surface area contributed by atoms with Crippen molar-refractivity contribution in [3.63, 3.8) is 0 Å². The third-order valence-corrected chi connectivity index (χ3v) is 5.13. The van der Waals surface area contributed by atoms with Crippen molar-refractivity contribution in [1.29, 1.82) is 0 Å². The first-order valence-electron chi connectivity index (χ1n) is 9.73. The van der Waals surface area contributed by atoms with Gasteiger partial charge in [-0.2, -0.15) is 0 Å². The number of carbonyl (C=O) groups is 1. The third kappa shape index (κ3) is 3.92. The zero-order valence-corrected chi connectivity index (χ0v) is 16.1. The SMILES string of the molecule is CCCCN(CC)c1ccc(C(=O)N2CCCC2c2cc(C)no2)cc1. The lowest BCUT2D eigenvalue weighted by Gasteiger charge is -2.25. The third-order valence-electron chi connectivity index (χ3n) is 5.13. The minimum absolute atomic E-state index is 0.0000658. The van der Waals surface area contributed by atoms with E-state index in [4.69, 9.17) is 4.52 Å².